The summed E-state index contributed by atoms with van der Waals surface area (Å²) >= 11 is 5.70. The third kappa shape index (κ3) is 6.61. The van der Waals surface area contributed by atoms with E-state index in [0.29, 0.717) is 21.7 Å². The Kier molecular flexibility index (Phi) is 8.12. The Morgan fingerprint density at radius 1 is 1.00 bits per heavy atom. The molecule has 1 aliphatic rings. The number of ketones is 1. The van der Waals surface area contributed by atoms with Crippen LogP contribution in [-0.4, -0.2) is 46.8 Å². The first-order valence-corrected chi connectivity index (χ1v) is 10.6. The van der Waals surface area contributed by atoms with E-state index >= 15 is 0 Å². The number of hydrogen-bond donors (Lipinski definition) is 4. The molecule has 0 bridgehead atoms. The second-order valence-electron chi connectivity index (χ2n) is 7.33. The number of primary amides is 1. The van der Waals surface area contributed by atoms with Gasteiger partial charge in [0.1, 0.15) is 5.75 Å². The molecule has 2 heterocycles. The van der Waals surface area contributed by atoms with E-state index in [1.807, 2.05) is 0 Å². The fraction of sp³-hybridized carbons (Fsp3) is 0.167. The van der Waals surface area contributed by atoms with Crippen molar-refractivity contribution in [1.29, 1.82) is 0 Å². The second kappa shape index (κ2) is 11.2. The monoisotopic (exact) mass is 466 g/mol. The van der Waals surface area contributed by atoms with Gasteiger partial charge >= 0.3 is 0 Å². The van der Waals surface area contributed by atoms with E-state index in [1.165, 1.54) is 42.5 Å². The zero-order valence-electron chi connectivity index (χ0n) is 17.6. The van der Waals surface area contributed by atoms with E-state index in [4.69, 9.17) is 17.3 Å². The predicted octanol–water partition coefficient (Wildman–Crippen LogP) is 2.55. The van der Waals surface area contributed by atoms with Crippen molar-refractivity contribution in [3.63, 3.8) is 0 Å². The van der Waals surface area contributed by atoms with Crippen LogP contribution in [0.25, 0.3) is 0 Å². The van der Waals surface area contributed by atoms with Gasteiger partial charge in [-0.1, -0.05) is 23.7 Å². The van der Waals surface area contributed by atoms with Crippen LogP contribution < -0.4 is 16.4 Å². The molecule has 0 aliphatic carbocycles. The average Bonchev–Trinajstić information content (AvgIpc) is 3.33. The van der Waals surface area contributed by atoms with Gasteiger partial charge in [0.15, 0.2) is 5.78 Å². The minimum absolute atomic E-state index is 0.0129. The minimum Gasteiger partial charge on any atom is -0.507 e. The molecule has 170 valence electrons. The fourth-order valence-electron chi connectivity index (χ4n) is 3.19. The molecule has 1 atom stereocenters. The lowest BCUT2D eigenvalue weighted by molar-refractivity contribution is 0.0938. The van der Waals surface area contributed by atoms with Gasteiger partial charge in [-0.25, -0.2) is 0 Å². The fourth-order valence-corrected chi connectivity index (χ4v) is 3.35. The highest BCUT2D eigenvalue weighted by molar-refractivity contribution is 6.31. The molecule has 8 nitrogen and oxygen atoms in total. The first kappa shape index (κ1) is 23.9. The van der Waals surface area contributed by atoms with Crippen LogP contribution in [0.4, 0.5) is 0 Å². The number of rotatable bonds is 5. The van der Waals surface area contributed by atoms with E-state index in [0.717, 1.165) is 19.5 Å². The van der Waals surface area contributed by atoms with Crippen molar-refractivity contribution in [2.24, 2.45) is 5.73 Å². The maximum absolute atomic E-state index is 12.1. The molecular weight excluding hydrogens is 444 g/mol. The van der Waals surface area contributed by atoms with E-state index < -0.39 is 5.91 Å². The summed E-state index contributed by atoms with van der Waals surface area (Å²) in [7, 11) is 0. The summed E-state index contributed by atoms with van der Waals surface area (Å²) in [6.45, 7) is 1.86. The number of carbonyl (C=O) groups is 3. The Morgan fingerprint density at radius 2 is 1.67 bits per heavy atom. The molecule has 0 unspecified atom stereocenters. The van der Waals surface area contributed by atoms with Gasteiger partial charge in [0.25, 0.3) is 5.91 Å². The standard InChI is InChI=1S/C14H10ClNO3.C10H13N3O/c15-10-5-6-11(12(17)7-10)13(18)8-1-3-9(4-2-8)14(16)19;14-10(8-1-4-11-5-2-8)13-9-3-6-12-7-9/h1-7,17H,(H2,16,19);1-2,4-5,9,12H,3,6-7H2,(H,13,14)/t;9-/m.0/s1. The number of pyridine rings is 1. The Balaban J connectivity index is 0.000000194. The number of phenols is 1. The van der Waals surface area contributed by atoms with Crippen LogP contribution in [0.15, 0.2) is 67.0 Å². The van der Waals surface area contributed by atoms with E-state index in [1.54, 1.807) is 24.5 Å². The van der Waals surface area contributed by atoms with Crippen LogP contribution in [0.2, 0.25) is 5.02 Å². The lowest BCUT2D eigenvalue weighted by Crippen LogP contribution is -2.36. The molecule has 2 amide bonds. The van der Waals surface area contributed by atoms with Gasteiger partial charge in [-0.3, -0.25) is 19.4 Å². The average molecular weight is 467 g/mol. The predicted molar refractivity (Wildman–Crippen MR) is 124 cm³/mol. The van der Waals surface area contributed by atoms with Gasteiger partial charge < -0.3 is 21.5 Å². The number of carbonyl (C=O) groups excluding carboxylic acids is 3. The summed E-state index contributed by atoms with van der Waals surface area (Å²) < 4.78 is 0. The third-order valence-corrected chi connectivity index (χ3v) is 5.21. The smallest absolute Gasteiger partial charge is 0.251 e. The van der Waals surface area contributed by atoms with Crippen molar-refractivity contribution in [3.05, 3.63) is 94.3 Å². The summed E-state index contributed by atoms with van der Waals surface area (Å²) in [5.74, 6) is -1.11. The number of aromatic hydroxyl groups is 1. The van der Waals surface area contributed by atoms with Gasteiger partial charge in [-0.05, 0) is 55.4 Å². The lowest BCUT2D eigenvalue weighted by atomic mass is 10.0. The molecule has 9 heteroatoms. The van der Waals surface area contributed by atoms with Gasteiger partial charge in [-0.15, -0.1) is 0 Å². The summed E-state index contributed by atoms with van der Waals surface area (Å²) in [5.41, 5.74) is 6.60. The molecule has 0 radical (unpaired) electrons. The Bertz CT molecular complexity index is 1130. The first-order chi connectivity index (χ1) is 15.8. The third-order valence-electron chi connectivity index (χ3n) is 4.97. The first-order valence-electron chi connectivity index (χ1n) is 10.2. The number of phenolic OH excluding ortho intramolecular Hbond substituents is 1. The number of nitrogens with one attached hydrogen (secondary N) is 2. The molecule has 3 aromatic rings. The molecule has 33 heavy (non-hydrogen) atoms. The van der Waals surface area contributed by atoms with Crippen LogP contribution in [0.5, 0.6) is 5.75 Å². The number of benzene rings is 2. The number of amides is 2. The molecule has 1 fully saturated rings. The normalized spacial score (nSPS) is 14.6. The molecule has 1 aliphatic heterocycles. The topological polar surface area (TPSA) is 134 Å². The lowest BCUT2D eigenvalue weighted by Gasteiger charge is -2.10. The number of hydrogen-bond acceptors (Lipinski definition) is 6. The quantitative estimate of drug-likeness (QED) is 0.427. The molecule has 0 spiro atoms. The molecule has 4 rings (SSSR count). The molecule has 0 saturated carbocycles. The summed E-state index contributed by atoms with van der Waals surface area (Å²) in [6, 6.07) is 13.9. The largest absolute Gasteiger partial charge is 0.507 e. The highest BCUT2D eigenvalue weighted by Gasteiger charge is 2.17. The Hall–Kier alpha value is -3.75. The van der Waals surface area contributed by atoms with Crippen LogP contribution in [0.1, 0.15) is 43.1 Å². The maximum Gasteiger partial charge on any atom is 0.251 e. The number of nitrogens with zero attached hydrogens (tertiary/aromatic N) is 1. The van der Waals surface area contributed by atoms with Crippen molar-refractivity contribution in [1.82, 2.24) is 15.6 Å². The van der Waals surface area contributed by atoms with E-state index in [9.17, 15) is 19.5 Å². The molecule has 1 aromatic heterocycles. The van der Waals surface area contributed by atoms with Crippen molar-refractivity contribution in [3.8, 4) is 5.75 Å². The van der Waals surface area contributed by atoms with Gasteiger partial charge in [-0.2, -0.15) is 0 Å². The van der Waals surface area contributed by atoms with Crippen LogP contribution in [0, 0.1) is 0 Å². The minimum atomic E-state index is -0.562. The van der Waals surface area contributed by atoms with Crippen molar-refractivity contribution in [2.45, 2.75) is 12.5 Å². The molecular formula is C24H23ClN4O4. The van der Waals surface area contributed by atoms with Gasteiger partial charge in [0.2, 0.25) is 5.91 Å². The molecule has 2 aromatic carbocycles. The summed E-state index contributed by atoms with van der Waals surface area (Å²) in [5, 5.41) is 16.2. The molecule has 1 saturated heterocycles. The maximum atomic E-state index is 12.1. The number of aromatic nitrogens is 1. The van der Waals surface area contributed by atoms with Crippen LogP contribution in [-0.2, 0) is 0 Å². The Labute approximate surface area is 195 Å². The zero-order chi connectivity index (χ0) is 23.8. The van der Waals surface area contributed by atoms with Crippen LogP contribution >= 0.6 is 11.6 Å². The van der Waals surface area contributed by atoms with Crippen molar-refractivity contribution < 1.29 is 19.5 Å². The van der Waals surface area contributed by atoms with Crippen molar-refractivity contribution in [2.75, 3.05) is 13.1 Å². The van der Waals surface area contributed by atoms with E-state index in [-0.39, 0.29) is 29.0 Å². The highest BCUT2D eigenvalue weighted by atomic mass is 35.5. The zero-order valence-corrected chi connectivity index (χ0v) is 18.4. The summed E-state index contributed by atoms with van der Waals surface area (Å²) in [6.07, 6.45) is 4.26. The number of nitrogens with two attached hydrogens (primary N) is 1. The highest BCUT2D eigenvalue weighted by Crippen LogP contribution is 2.24. The number of halogens is 1. The molecule has 5 N–H and O–H groups in total. The second-order valence-corrected chi connectivity index (χ2v) is 7.77. The van der Waals surface area contributed by atoms with E-state index in [2.05, 4.69) is 15.6 Å². The summed E-state index contributed by atoms with van der Waals surface area (Å²) in [4.78, 5) is 38.6. The SMILES string of the molecule is NC(=O)c1ccc(C(=O)c2ccc(Cl)cc2O)cc1.O=C(N[C@H]1CCNC1)c1ccncc1. The van der Waals surface area contributed by atoms with Gasteiger partial charge in [0.05, 0.1) is 5.56 Å². The van der Waals surface area contributed by atoms with Crippen molar-refractivity contribution >= 4 is 29.2 Å². The Morgan fingerprint density at radius 3 is 2.24 bits per heavy atom. The van der Waals surface area contributed by atoms with Crippen LogP contribution in [0.3, 0.4) is 0 Å². The van der Waals surface area contributed by atoms with Gasteiger partial charge in [0, 0.05) is 46.7 Å².